The summed E-state index contributed by atoms with van der Waals surface area (Å²) in [5.41, 5.74) is 0. The second-order valence-electron chi connectivity index (χ2n) is 5.43. The Labute approximate surface area is 163 Å². The smallest absolute Gasteiger partial charge is 0.118 e. The molecule has 0 heterocycles. The molecule has 3 aromatic carbocycles. The third kappa shape index (κ3) is 4.51. The van der Waals surface area contributed by atoms with Gasteiger partial charge in [-0.15, -0.1) is 0 Å². The Hall–Kier alpha value is -2.16. The maximum absolute atomic E-state index is 5.30. The van der Waals surface area contributed by atoms with E-state index in [1.807, 2.05) is 36.4 Å². The highest BCUT2D eigenvalue weighted by molar-refractivity contribution is 7.79. The van der Waals surface area contributed by atoms with E-state index in [0.717, 1.165) is 17.2 Å². The van der Waals surface area contributed by atoms with Gasteiger partial charge >= 0.3 is 0 Å². The predicted octanol–water partition coefficient (Wildman–Crippen LogP) is 4.12. The molecule has 0 saturated carbocycles. The Bertz CT molecular complexity index is 689. The molecule has 0 bridgehead atoms. The molecule has 0 aliphatic heterocycles. The average molecular weight is 384 g/mol. The number of methoxy groups -OCH3 is 3. The van der Waals surface area contributed by atoms with Crippen molar-refractivity contribution < 1.29 is 14.2 Å². The molecule has 3 aromatic rings. The van der Waals surface area contributed by atoms with Crippen LogP contribution in [0.2, 0.25) is 0 Å². The van der Waals surface area contributed by atoms with Crippen LogP contribution in [0.5, 0.6) is 17.2 Å². The quantitative estimate of drug-likeness (QED) is 0.599. The molecule has 3 rings (SSSR count). The highest BCUT2D eigenvalue weighted by Crippen LogP contribution is 2.34. The molecule has 26 heavy (non-hydrogen) atoms. The summed E-state index contributed by atoms with van der Waals surface area (Å²) in [6.07, 6.45) is 0. The largest absolute Gasteiger partial charge is 0.497 e. The molecule has 0 fully saturated rings. The van der Waals surface area contributed by atoms with Crippen LogP contribution in [0.3, 0.4) is 0 Å². The highest BCUT2D eigenvalue weighted by Gasteiger charge is 2.17. The third-order valence-electron chi connectivity index (χ3n) is 3.99. The standard InChI is InChI=1S/C21H21O3P.S/c1-22-16-4-10-19(11-5-16)25(20-12-6-17(23-2)7-13-20)21-14-8-18(24-3)9-15-21;/h4-15H,1-3H3;. The Morgan fingerprint density at radius 2 is 0.692 bits per heavy atom. The van der Waals surface area contributed by atoms with E-state index in [4.69, 9.17) is 14.2 Å². The maximum atomic E-state index is 5.30. The molecule has 134 valence electrons. The van der Waals surface area contributed by atoms with Crippen LogP contribution in [0.15, 0.2) is 72.8 Å². The highest BCUT2D eigenvalue weighted by atomic mass is 32.1. The van der Waals surface area contributed by atoms with Gasteiger partial charge in [0.05, 0.1) is 21.3 Å². The molecule has 5 heteroatoms. The normalized spacial score (nSPS) is 10.2. The first-order valence-corrected chi connectivity index (χ1v) is 9.31. The van der Waals surface area contributed by atoms with Crippen molar-refractivity contribution in [3.05, 3.63) is 72.8 Å². The number of ether oxygens (including phenoxy) is 3. The molecule has 0 amide bonds. The lowest BCUT2D eigenvalue weighted by molar-refractivity contribution is 0.415. The van der Waals surface area contributed by atoms with Crippen LogP contribution in [0.25, 0.3) is 0 Å². The van der Waals surface area contributed by atoms with E-state index in [1.165, 1.54) is 15.9 Å². The fourth-order valence-corrected chi connectivity index (χ4v) is 4.88. The van der Waals surface area contributed by atoms with Crippen molar-refractivity contribution in [2.24, 2.45) is 0 Å². The molecular weight excluding hydrogens is 363 g/mol. The van der Waals surface area contributed by atoms with Crippen LogP contribution >= 0.6 is 21.4 Å². The Morgan fingerprint density at radius 3 is 0.885 bits per heavy atom. The maximum Gasteiger partial charge on any atom is 0.118 e. The van der Waals surface area contributed by atoms with Crippen LogP contribution < -0.4 is 30.1 Å². The van der Waals surface area contributed by atoms with Gasteiger partial charge in [0.15, 0.2) is 0 Å². The van der Waals surface area contributed by atoms with Crippen LogP contribution in [-0.2, 0) is 0 Å². The molecule has 0 aliphatic carbocycles. The first-order chi connectivity index (χ1) is 12.2. The summed E-state index contributed by atoms with van der Waals surface area (Å²) in [6.45, 7) is 0. The van der Waals surface area contributed by atoms with E-state index in [1.54, 1.807) is 21.3 Å². The topological polar surface area (TPSA) is 27.7 Å². The van der Waals surface area contributed by atoms with Gasteiger partial charge in [0.25, 0.3) is 0 Å². The molecular formula is C21H21O3PS. The molecule has 0 aliphatic rings. The summed E-state index contributed by atoms with van der Waals surface area (Å²) in [5, 5.41) is 3.81. The Balaban J connectivity index is 0.00000243. The van der Waals surface area contributed by atoms with E-state index in [9.17, 15) is 0 Å². The van der Waals surface area contributed by atoms with Crippen LogP contribution in [0.1, 0.15) is 0 Å². The van der Waals surface area contributed by atoms with E-state index in [0.29, 0.717) is 0 Å². The summed E-state index contributed by atoms with van der Waals surface area (Å²) in [5.74, 6) is 2.59. The van der Waals surface area contributed by atoms with Gasteiger partial charge in [-0.05, 0) is 60.2 Å². The fourth-order valence-electron chi connectivity index (χ4n) is 2.64. The van der Waals surface area contributed by atoms with Crippen LogP contribution in [0.4, 0.5) is 0 Å². The van der Waals surface area contributed by atoms with Gasteiger partial charge in [-0.25, -0.2) is 0 Å². The summed E-state index contributed by atoms with van der Waals surface area (Å²) in [4.78, 5) is 0. The van der Waals surface area contributed by atoms with Crippen molar-refractivity contribution in [1.82, 2.24) is 0 Å². The van der Waals surface area contributed by atoms with Crippen molar-refractivity contribution in [2.75, 3.05) is 21.3 Å². The van der Waals surface area contributed by atoms with Crippen molar-refractivity contribution in [2.45, 2.75) is 0 Å². The van der Waals surface area contributed by atoms with Gasteiger partial charge in [-0.2, -0.15) is 0 Å². The molecule has 0 unspecified atom stereocenters. The van der Waals surface area contributed by atoms with Crippen LogP contribution in [0, 0.1) is 0 Å². The molecule has 0 N–H and O–H groups in total. The van der Waals surface area contributed by atoms with Gasteiger partial charge in [0.2, 0.25) is 0 Å². The molecule has 0 spiro atoms. The number of benzene rings is 3. The minimum atomic E-state index is -0.665. The zero-order chi connectivity index (χ0) is 17.6. The van der Waals surface area contributed by atoms with Crippen molar-refractivity contribution in [1.29, 1.82) is 0 Å². The first kappa shape index (κ1) is 20.2. The monoisotopic (exact) mass is 384 g/mol. The number of hydrogen-bond donors (Lipinski definition) is 0. The summed E-state index contributed by atoms with van der Waals surface area (Å²) in [6, 6.07) is 24.9. The zero-order valence-electron chi connectivity index (χ0n) is 15.0. The SMILES string of the molecule is COc1ccc(P(c2ccc(OC)cc2)c2ccc(OC)cc2)cc1.[S]. The molecule has 2 radical (unpaired) electrons. The minimum absolute atomic E-state index is 0. The fraction of sp³-hybridized carbons (Fsp3) is 0.143. The van der Waals surface area contributed by atoms with Gasteiger partial charge in [0.1, 0.15) is 17.2 Å². The van der Waals surface area contributed by atoms with Crippen molar-refractivity contribution >= 4 is 37.3 Å². The molecule has 0 atom stereocenters. The lowest BCUT2D eigenvalue weighted by Gasteiger charge is -2.20. The van der Waals surface area contributed by atoms with Gasteiger partial charge in [0, 0.05) is 13.5 Å². The number of hydrogen-bond acceptors (Lipinski definition) is 3. The van der Waals surface area contributed by atoms with Crippen LogP contribution in [-0.4, -0.2) is 21.3 Å². The van der Waals surface area contributed by atoms with E-state index in [2.05, 4.69) is 36.4 Å². The second kappa shape index (κ2) is 9.51. The average Bonchev–Trinajstić information content (AvgIpc) is 2.70. The third-order valence-corrected chi connectivity index (χ3v) is 6.44. The Kier molecular flexibility index (Phi) is 7.38. The minimum Gasteiger partial charge on any atom is -0.497 e. The summed E-state index contributed by atoms with van der Waals surface area (Å²) >= 11 is 0. The lowest BCUT2D eigenvalue weighted by atomic mass is 10.3. The van der Waals surface area contributed by atoms with Gasteiger partial charge < -0.3 is 14.2 Å². The second-order valence-corrected chi connectivity index (χ2v) is 7.65. The van der Waals surface area contributed by atoms with E-state index in [-0.39, 0.29) is 13.5 Å². The first-order valence-electron chi connectivity index (χ1n) is 7.97. The zero-order valence-corrected chi connectivity index (χ0v) is 16.7. The lowest BCUT2D eigenvalue weighted by Crippen LogP contribution is -2.20. The van der Waals surface area contributed by atoms with Crippen molar-refractivity contribution in [3.8, 4) is 17.2 Å². The van der Waals surface area contributed by atoms with E-state index < -0.39 is 7.92 Å². The number of rotatable bonds is 6. The summed E-state index contributed by atoms with van der Waals surface area (Å²) < 4.78 is 15.9. The van der Waals surface area contributed by atoms with Crippen molar-refractivity contribution in [3.63, 3.8) is 0 Å². The molecule has 0 aromatic heterocycles. The van der Waals surface area contributed by atoms with Gasteiger partial charge in [-0.1, -0.05) is 36.4 Å². The van der Waals surface area contributed by atoms with E-state index >= 15 is 0 Å². The molecule has 0 saturated heterocycles. The predicted molar refractivity (Wildman–Crippen MR) is 112 cm³/mol. The Morgan fingerprint density at radius 1 is 0.462 bits per heavy atom. The molecule has 3 nitrogen and oxygen atoms in total. The van der Waals surface area contributed by atoms with Gasteiger partial charge in [-0.3, -0.25) is 0 Å². The summed E-state index contributed by atoms with van der Waals surface area (Å²) in [7, 11) is 4.39.